The SMILES string of the molecule is CCCCCCCCCc1cc[n+](CCCc2ccccc2)cc1. The van der Waals surface area contributed by atoms with E-state index in [0.717, 1.165) is 13.0 Å². The highest BCUT2D eigenvalue weighted by molar-refractivity contribution is 5.14. The van der Waals surface area contributed by atoms with Crippen LogP contribution < -0.4 is 4.57 Å². The molecule has 0 fully saturated rings. The first-order valence-electron chi connectivity index (χ1n) is 9.90. The number of aromatic nitrogens is 1. The van der Waals surface area contributed by atoms with E-state index >= 15 is 0 Å². The van der Waals surface area contributed by atoms with Gasteiger partial charge in [-0.3, -0.25) is 0 Å². The third-order valence-electron chi connectivity index (χ3n) is 4.75. The lowest BCUT2D eigenvalue weighted by Crippen LogP contribution is -2.32. The zero-order chi connectivity index (χ0) is 16.9. The summed E-state index contributed by atoms with van der Waals surface area (Å²) in [6, 6.07) is 15.4. The molecular formula is C23H34N+. The van der Waals surface area contributed by atoms with Crippen molar-refractivity contribution in [3.8, 4) is 0 Å². The third kappa shape index (κ3) is 7.77. The number of hydrogen-bond acceptors (Lipinski definition) is 0. The van der Waals surface area contributed by atoms with Crippen LogP contribution in [0.4, 0.5) is 0 Å². The van der Waals surface area contributed by atoms with Gasteiger partial charge < -0.3 is 0 Å². The van der Waals surface area contributed by atoms with E-state index in [9.17, 15) is 0 Å². The molecule has 0 saturated carbocycles. The largest absolute Gasteiger partial charge is 0.205 e. The Hall–Kier alpha value is -1.63. The molecule has 0 saturated heterocycles. The van der Waals surface area contributed by atoms with Gasteiger partial charge in [0.15, 0.2) is 12.4 Å². The van der Waals surface area contributed by atoms with Crippen LogP contribution in [0.3, 0.4) is 0 Å². The number of benzene rings is 1. The Morgan fingerprint density at radius 3 is 1.92 bits per heavy atom. The second-order valence-electron chi connectivity index (χ2n) is 6.90. The van der Waals surface area contributed by atoms with Crippen LogP contribution in [0.2, 0.25) is 0 Å². The Labute approximate surface area is 148 Å². The molecular weight excluding hydrogens is 290 g/mol. The fraction of sp³-hybridized carbons (Fsp3) is 0.522. The topological polar surface area (TPSA) is 3.88 Å². The molecule has 0 N–H and O–H groups in total. The first-order chi connectivity index (χ1) is 11.9. The van der Waals surface area contributed by atoms with Crippen molar-refractivity contribution in [3.05, 3.63) is 66.0 Å². The summed E-state index contributed by atoms with van der Waals surface area (Å²) in [5, 5.41) is 0. The fourth-order valence-electron chi connectivity index (χ4n) is 3.20. The first kappa shape index (κ1) is 18.7. The van der Waals surface area contributed by atoms with Crippen LogP contribution in [0.25, 0.3) is 0 Å². The average molecular weight is 325 g/mol. The molecule has 0 amide bonds. The van der Waals surface area contributed by atoms with E-state index in [2.05, 4.69) is 66.3 Å². The Bertz CT molecular complexity index is 530. The van der Waals surface area contributed by atoms with Crippen LogP contribution >= 0.6 is 0 Å². The van der Waals surface area contributed by atoms with Gasteiger partial charge >= 0.3 is 0 Å². The van der Waals surface area contributed by atoms with Gasteiger partial charge in [-0.25, -0.2) is 4.57 Å². The summed E-state index contributed by atoms with van der Waals surface area (Å²) < 4.78 is 2.32. The molecule has 1 heterocycles. The lowest BCUT2D eigenvalue weighted by atomic mass is 10.1. The van der Waals surface area contributed by atoms with E-state index in [1.165, 1.54) is 68.9 Å². The second-order valence-corrected chi connectivity index (χ2v) is 6.90. The van der Waals surface area contributed by atoms with Gasteiger partial charge in [0.25, 0.3) is 0 Å². The maximum Gasteiger partial charge on any atom is 0.169 e. The number of nitrogens with zero attached hydrogens (tertiary/aromatic N) is 1. The third-order valence-corrected chi connectivity index (χ3v) is 4.75. The predicted octanol–water partition coefficient (Wildman–Crippen LogP) is 5.90. The highest BCUT2D eigenvalue weighted by atomic mass is 14.9. The molecule has 0 aliphatic carbocycles. The summed E-state index contributed by atoms with van der Waals surface area (Å²) in [6.07, 6.45) is 17.8. The van der Waals surface area contributed by atoms with E-state index in [4.69, 9.17) is 0 Å². The van der Waals surface area contributed by atoms with Crippen LogP contribution in [-0.2, 0) is 19.4 Å². The molecule has 2 rings (SSSR count). The van der Waals surface area contributed by atoms with E-state index < -0.39 is 0 Å². The van der Waals surface area contributed by atoms with E-state index in [1.807, 2.05) is 0 Å². The minimum Gasteiger partial charge on any atom is -0.205 e. The van der Waals surface area contributed by atoms with Crippen molar-refractivity contribution >= 4 is 0 Å². The van der Waals surface area contributed by atoms with Crippen molar-refractivity contribution in [2.75, 3.05) is 0 Å². The van der Waals surface area contributed by atoms with Crippen LogP contribution in [0, 0.1) is 0 Å². The molecule has 2 aromatic rings. The Kier molecular flexibility index (Phi) is 9.23. The number of aryl methyl sites for hydroxylation is 3. The summed E-state index contributed by atoms with van der Waals surface area (Å²) in [5.74, 6) is 0. The second kappa shape index (κ2) is 11.8. The van der Waals surface area contributed by atoms with Crippen LogP contribution in [0.1, 0.15) is 69.4 Å². The molecule has 24 heavy (non-hydrogen) atoms. The minimum atomic E-state index is 1.10. The molecule has 1 nitrogen and oxygen atoms in total. The Morgan fingerprint density at radius 1 is 0.625 bits per heavy atom. The van der Waals surface area contributed by atoms with Gasteiger partial charge in [-0.1, -0.05) is 75.8 Å². The quantitative estimate of drug-likeness (QED) is 0.338. The van der Waals surface area contributed by atoms with Crippen molar-refractivity contribution in [3.63, 3.8) is 0 Å². The van der Waals surface area contributed by atoms with Crippen LogP contribution in [-0.4, -0.2) is 0 Å². The monoisotopic (exact) mass is 324 g/mol. The maximum absolute atomic E-state index is 2.32. The molecule has 0 radical (unpaired) electrons. The van der Waals surface area contributed by atoms with E-state index in [1.54, 1.807) is 0 Å². The molecule has 1 heteroatoms. The van der Waals surface area contributed by atoms with Gasteiger partial charge in [-0.05, 0) is 30.4 Å². The van der Waals surface area contributed by atoms with Crippen molar-refractivity contribution in [2.24, 2.45) is 0 Å². The lowest BCUT2D eigenvalue weighted by Gasteiger charge is -2.03. The molecule has 0 aliphatic heterocycles. The molecule has 0 spiro atoms. The molecule has 0 aliphatic rings. The molecule has 1 aromatic heterocycles. The maximum atomic E-state index is 2.32. The summed E-state index contributed by atoms with van der Waals surface area (Å²) in [5.41, 5.74) is 2.93. The normalized spacial score (nSPS) is 10.9. The summed E-state index contributed by atoms with van der Waals surface area (Å²) in [4.78, 5) is 0. The van der Waals surface area contributed by atoms with Crippen molar-refractivity contribution in [1.29, 1.82) is 0 Å². The fourth-order valence-corrected chi connectivity index (χ4v) is 3.20. The highest BCUT2D eigenvalue weighted by Gasteiger charge is 2.02. The minimum absolute atomic E-state index is 1.10. The number of rotatable bonds is 12. The number of pyridine rings is 1. The standard InChI is InChI=1S/C23H34N/c1-2-3-4-5-6-7-9-15-23-17-20-24(21-18-23)19-12-16-22-13-10-8-11-14-22/h8,10-11,13-14,17-18,20-21H,2-7,9,12,15-16,19H2,1H3/q+1. The number of hydrogen-bond donors (Lipinski definition) is 0. The van der Waals surface area contributed by atoms with Gasteiger partial charge in [0.05, 0.1) is 0 Å². The smallest absolute Gasteiger partial charge is 0.169 e. The lowest BCUT2D eigenvalue weighted by molar-refractivity contribution is -0.697. The molecule has 0 unspecified atom stereocenters. The van der Waals surface area contributed by atoms with Gasteiger partial charge in [-0.15, -0.1) is 0 Å². The van der Waals surface area contributed by atoms with Crippen molar-refractivity contribution in [2.45, 2.75) is 77.7 Å². The van der Waals surface area contributed by atoms with Crippen LogP contribution in [0.5, 0.6) is 0 Å². The summed E-state index contributed by atoms with van der Waals surface area (Å²) in [6.45, 7) is 3.38. The first-order valence-corrected chi connectivity index (χ1v) is 9.90. The molecule has 0 bridgehead atoms. The molecule has 1 aromatic carbocycles. The highest BCUT2D eigenvalue weighted by Crippen LogP contribution is 2.10. The molecule has 0 atom stereocenters. The van der Waals surface area contributed by atoms with Gasteiger partial charge in [0.1, 0.15) is 6.54 Å². The summed E-state index contributed by atoms with van der Waals surface area (Å²) >= 11 is 0. The van der Waals surface area contributed by atoms with Crippen molar-refractivity contribution in [1.82, 2.24) is 0 Å². The van der Waals surface area contributed by atoms with Gasteiger partial charge in [0, 0.05) is 18.6 Å². The van der Waals surface area contributed by atoms with E-state index in [-0.39, 0.29) is 0 Å². The average Bonchev–Trinajstić information content (AvgIpc) is 2.63. The van der Waals surface area contributed by atoms with Crippen LogP contribution in [0.15, 0.2) is 54.9 Å². The number of unbranched alkanes of at least 4 members (excludes halogenated alkanes) is 6. The predicted molar refractivity (Wildman–Crippen MR) is 103 cm³/mol. The van der Waals surface area contributed by atoms with Gasteiger partial charge in [0.2, 0.25) is 0 Å². The van der Waals surface area contributed by atoms with Gasteiger partial charge in [-0.2, -0.15) is 0 Å². The molecule has 130 valence electrons. The Balaban J connectivity index is 1.58. The zero-order valence-electron chi connectivity index (χ0n) is 15.4. The Morgan fingerprint density at radius 2 is 1.21 bits per heavy atom. The zero-order valence-corrected chi connectivity index (χ0v) is 15.4. The summed E-state index contributed by atoms with van der Waals surface area (Å²) in [7, 11) is 0. The van der Waals surface area contributed by atoms with E-state index in [0.29, 0.717) is 0 Å². The van der Waals surface area contributed by atoms with Crippen molar-refractivity contribution < 1.29 is 4.57 Å².